The molecule has 0 saturated heterocycles. The molecule has 4 heteroatoms. The highest BCUT2D eigenvalue weighted by Gasteiger charge is 2.16. The summed E-state index contributed by atoms with van der Waals surface area (Å²) in [4.78, 5) is 0. The van der Waals surface area contributed by atoms with Crippen molar-refractivity contribution in [1.82, 2.24) is 14.6 Å². The molecule has 1 aliphatic rings. The molecule has 0 radical (unpaired) electrons. The van der Waals surface area contributed by atoms with Crippen molar-refractivity contribution in [3.8, 4) is 0 Å². The lowest BCUT2D eigenvalue weighted by molar-refractivity contribution is 0.446. The highest BCUT2D eigenvalue weighted by atomic mass is 15.2. The van der Waals surface area contributed by atoms with E-state index >= 15 is 0 Å². The molecule has 2 heterocycles. The fraction of sp³-hybridized carbons (Fsp3) is 0.571. The first-order valence-electron chi connectivity index (χ1n) is 6.92. The number of nitrogen functional groups attached to an aromatic ring is 1. The highest BCUT2D eigenvalue weighted by Crippen LogP contribution is 2.25. The van der Waals surface area contributed by atoms with Crippen LogP contribution in [0, 0.1) is 5.92 Å². The molecule has 96 valence electrons. The molecule has 3 rings (SSSR count). The summed E-state index contributed by atoms with van der Waals surface area (Å²) in [5.41, 5.74) is 7.50. The van der Waals surface area contributed by atoms with E-state index in [-0.39, 0.29) is 0 Å². The Hall–Kier alpha value is -1.58. The molecule has 18 heavy (non-hydrogen) atoms. The van der Waals surface area contributed by atoms with Crippen molar-refractivity contribution in [1.29, 1.82) is 0 Å². The van der Waals surface area contributed by atoms with Gasteiger partial charge in [-0.05, 0) is 18.1 Å². The first-order valence-corrected chi connectivity index (χ1v) is 6.92. The van der Waals surface area contributed by atoms with E-state index in [1.807, 2.05) is 22.7 Å². The van der Waals surface area contributed by atoms with Crippen LogP contribution in [0.5, 0.6) is 0 Å². The Morgan fingerprint density at radius 3 is 2.67 bits per heavy atom. The minimum atomic E-state index is 0.765. The second-order valence-corrected chi connectivity index (χ2v) is 5.37. The maximum Gasteiger partial charge on any atom is 0.160 e. The van der Waals surface area contributed by atoms with E-state index in [0.29, 0.717) is 0 Å². The van der Waals surface area contributed by atoms with Crippen molar-refractivity contribution < 1.29 is 0 Å². The van der Waals surface area contributed by atoms with Gasteiger partial charge in [0.2, 0.25) is 0 Å². The van der Waals surface area contributed by atoms with Gasteiger partial charge in [-0.25, -0.2) is 0 Å². The zero-order valence-electron chi connectivity index (χ0n) is 10.7. The van der Waals surface area contributed by atoms with E-state index < -0.39 is 0 Å². The van der Waals surface area contributed by atoms with Gasteiger partial charge in [0.25, 0.3) is 0 Å². The monoisotopic (exact) mass is 244 g/mol. The molecule has 2 aromatic heterocycles. The summed E-state index contributed by atoms with van der Waals surface area (Å²) in [5.74, 6) is 1.82. The summed E-state index contributed by atoms with van der Waals surface area (Å²) in [6.07, 6.45) is 11.1. The lowest BCUT2D eigenvalue weighted by Crippen LogP contribution is -2.07. The van der Waals surface area contributed by atoms with Gasteiger partial charge in [-0.2, -0.15) is 0 Å². The Balaban J connectivity index is 1.83. The van der Waals surface area contributed by atoms with Crippen LogP contribution in [0.2, 0.25) is 0 Å². The second kappa shape index (κ2) is 4.96. The number of rotatable bonds is 2. The number of anilines is 1. The van der Waals surface area contributed by atoms with Crippen LogP contribution in [0.25, 0.3) is 5.65 Å². The van der Waals surface area contributed by atoms with Gasteiger partial charge in [-0.1, -0.05) is 38.5 Å². The van der Waals surface area contributed by atoms with Gasteiger partial charge < -0.3 is 5.73 Å². The molecule has 1 fully saturated rings. The van der Waals surface area contributed by atoms with E-state index in [4.69, 9.17) is 5.73 Å². The second-order valence-electron chi connectivity index (χ2n) is 5.37. The number of nitrogens with zero attached hydrogens (tertiary/aromatic N) is 3. The fourth-order valence-corrected chi connectivity index (χ4v) is 2.92. The van der Waals surface area contributed by atoms with Crippen LogP contribution < -0.4 is 5.73 Å². The molecule has 0 aromatic carbocycles. The smallest absolute Gasteiger partial charge is 0.160 e. The van der Waals surface area contributed by atoms with E-state index in [0.717, 1.165) is 29.5 Å². The minimum Gasteiger partial charge on any atom is -0.398 e. The van der Waals surface area contributed by atoms with E-state index in [2.05, 4.69) is 10.2 Å². The van der Waals surface area contributed by atoms with Crippen LogP contribution >= 0.6 is 0 Å². The highest BCUT2D eigenvalue weighted by molar-refractivity contribution is 5.47. The van der Waals surface area contributed by atoms with Crippen molar-refractivity contribution in [2.75, 3.05) is 5.73 Å². The molecular formula is C14H20N4. The van der Waals surface area contributed by atoms with Crippen LogP contribution in [-0.2, 0) is 6.42 Å². The summed E-state index contributed by atoms with van der Waals surface area (Å²) in [7, 11) is 0. The number of nitrogens with two attached hydrogens (primary N) is 1. The van der Waals surface area contributed by atoms with Gasteiger partial charge in [0, 0.05) is 18.3 Å². The van der Waals surface area contributed by atoms with Crippen LogP contribution in [0.15, 0.2) is 18.3 Å². The number of hydrogen-bond acceptors (Lipinski definition) is 3. The molecule has 1 aliphatic carbocycles. The molecule has 0 spiro atoms. The molecule has 0 bridgehead atoms. The Kier molecular flexibility index (Phi) is 3.17. The number of hydrogen-bond donors (Lipinski definition) is 1. The average Bonchev–Trinajstić information content (AvgIpc) is 2.60. The topological polar surface area (TPSA) is 56.2 Å². The third-order valence-electron chi connectivity index (χ3n) is 3.94. The number of pyridine rings is 1. The lowest BCUT2D eigenvalue weighted by atomic mass is 9.96. The molecule has 2 N–H and O–H groups in total. The largest absolute Gasteiger partial charge is 0.398 e. The number of aromatic nitrogens is 3. The Labute approximate surface area is 107 Å². The summed E-state index contributed by atoms with van der Waals surface area (Å²) in [5, 5.41) is 8.52. The standard InChI is InChI=1S/C14H20N4/c15-12-7-8-13-16-17-14(18(13)10-12)9-11-5-3-1-2-4-6-11/h7-8,10-11H,1-6,9,15H2. The first kappa shape index (κ1) is 11.5. The third kappa shape index (κ3) is 2.33. The quantitative estimate of drug-likeness (QED) is 0.826. The molecule has 2 aromatic rings. The van der Waals surface area contributed by atoms with E-state index in [1.165, 1.54) is 38.5 Å². The van der Waals surface area contributed by atoms with Gasteiger partial charge in [-0.3, -0.25) is 4.40 Å². The predicted molar refractivity (Wildman–Crippen MR) is 72.3 cm³/mol. The normalized spacial score (nSPS) is 18.0. The van der Waals surface area contributed by atoms with Crippen molar-refractivity contribution in [2.45, 2.75) is 44.9 Å². The number of fused-ring (bicyclic) bond motifs is 1. The molecule has 4 nitrogen and oxygen atoms in total. The van der Waals surface area contributed by atoms with Crippen LogP contribution in [0.4, 0.5) is 5.69 Å². The Bertz CT molecular complexity index is 524. The van der Waals surface area contributed by atoms with Gasteiger partial charge in [0.1, 0.15) is 5.82 Å². The van der Waals surface area contributed by atoms with E-state index in [9.17, 15) is 0 Å². The Morgan fingerprint density at radius 2 is 1.89 bits per heavy atom. The van der Waals surface area contributed by atoms with Crippen molar-refractivity contribution in [3.05, 3.63) is 24.2 Å². The van der Waals surface area contributed by atoms with Gasteiger partial charge >= 0.3 is 0 Å². The SMILES string of the molecule is Nc1ccc2nnc(CC3CCCCCC3)n2c1. The van der Waals surface area contributed by atoms with Crippen molar-refractivity contribution in [3.63, 3.8) is 0 Å². The zero-order chi connectivity index (χ0) is 12.4. The predicted octanol–water partition coefficient (Wildman–Crippen LogP) is 2.82. The van der Waals surface area contributed by atoms with Gasteiger partial charge in [0.05, 0.1) is 0 Å². The average molecular weight is 244 g/mol. The van der Waals surface area contributed by atoms with Crippen LogP contribution in [-0.4, -0.2) is 14.6 Å². The Morgan fingerprint density at radius 1 is 1.11 bits per heavy atom. The summed E-state index contributed by atoms with van der Waals surface area (Å²) < 4.78 is 2.04. The fourth-order valence-electron chi connectivity index (χ4n) is 2.92. The van der Waals surface area contributed by atoms with Crippen molar-refractivity contribution in [2.24, 2.45) is 5.92 Å². The van der Waals surface area contributed by atoms with Crippen LogP contribution in [0.1, 0.15) is 44.3 Å². The maximum absolute atomic E-state index is 5.83. The molecule has 0 atom stereocenters. The summed E-state index contributed by atoms with van der Waals surface area (Å²) >= 11 is 0. The molecule has 0 amide bonds. The summed E-state index contributed by atoms with van der Waals surface area (Å²) in [6, 6.07) is 3.80. The third-order valence-corrected chi connectivity index (χ3v) is 3.94. The first-order chi connectivity index (χ1) is 8.83. The van der Waals surface area contributed by atoms with Gasteiger partial charge in [0.15, 0.2) is 5.65 Å². The maximum atomic E-state index is 5.83. The lowest BCUT2D eigenvalue weighted by Gasteiger charge is -2.12. The summed E-state index contributed by atoms with van der Waals surface area (Å²) in [6.45, 7) is 0. The van der Waals surface area contributed by atoms with Gasteiger partial charge in [-0.15, -0.1) is 10.2 Å². The van der Waals surface area contributed by atoms with Crippen LogP contribution in [0.3, 0.4) is 0 Å². The van der Waals surface area contributed by atoms with Crippen molar-refractivity contribution >= 4 is 11.3 Å². The molecule has 0 aliphatic heterocycles. The molecule has 1 saturated carbocycles. The molecular weight excluding hydrogens is 224 g/mol. The van der Waals surface area contributed by atoms with E-state index in [1.54, 1.807) is 0 Å². The minimum absolute atomic E-state index is 0.765. The zero-order valence-corrected chi connectivity index (χ0v) is 10.7. The molecule has 0 unspecified atom stereocenters.